The van der Waals surface area contributed by atoms with Crippen LogP contribution in [0, 0.1) is 0 Å². The van der Waals surface area contributed by atoms with E-state index in [1.54, 1.807) is 46.2 Å². The summed E-state index contributed by atoms with van der Waals surface area (Å²) in [4.78, 5) is 25.6. The van der Waals surface area contributed by atoms with Gasteiger partial charge in [-0.25, -0.2) is 0 Å². The van der Waals surface area contributed by atoms with Crippen LogP contribution in [-0.4, -0.2) is 68.3 Å². The summed E-state index contributed by atoms with van der Waals surface area (Å²) in [5, 5.41) is 38.2. The van der Waals surface area contributed by atoms with Gasteiger partial charge in [0, 0.05) is 37.3 Å². The summed E-state index contributed by atoms with van der Waals surface area (Å²) in [6.45, 7) is 0.508. The summed E-state index contributed by atoms with van der Waals surface area (Å²) in [5.74, 6) is -1.87. The second kappa shape index (κ2) is 13.7. The molecule has 0 aliphatic rings. The number of benzene rings is 2. The number of nitrogens with zero attached hydrogens (tertiary/aromatic N) is 2. The highest BCUT2D eigenvalue weighted by Crippen LogP contribution is 2.19. The third-order valence-corrected chi connectivity index (χ3v) is 4.22. The Morgan fingerprint density at radius 3 is 1.30 bits per heavy atom. The van der Waals surface area contributed by atoms with E-state index >= 15 is 0 Å². The number of aliphatic carboxylic acids is 2. The van der Waals surface area contributed by atoms with Crippen molar-refractivity contribution in [1.29, 1.82) is 0 Å². The van der Waals surface area contributed by atoms with E-state index < -0.39 is 11.9 Å². The van der Waals surface area contributed by atoms with Crippen LogP contribution in [0.3, 0.4) is 0 Å². The van der Waals surface area contributed by atoms with Gasteiger partial charge < -0.3 is 20.4 Å². The largest absolute Gasteiger partial charge is 0.508 e. The second-order valence-electron chi connectivity index (χ2n) is 6.47. The van der Waals surface area contributed by atoms with E-state index in [-0.39, 0.29) is 75.6 Å². The van der Waals surface area contributed by atoms with Gasteiger partial charge in [0.25, 0.3) is 0 Å². The summed E-state index contributed by atoms with van der Waals surface area (Å²) in [7, 11) is 0. The number of carboxylic acids is 2. The van der Waals surface area contributed by atoms with E-state index in [1.165, 1.54) is 12.1 Å². The van der Waals surface area contributed by atoms with Gasteiger partial charge in [0.1, 0.15) is 11.5 Å². The number of phenols is 2. The molecule has 0 aromatic heterocycles. The molecule has 0 saturated heterocycles. The van der Waals surface area contributed by atoms with Gasteiger partial charge in [0.05, 0.1) is 13.1 Å². The van der Waals surface area contributed by atoms with E-state index in [2.05, 4.69) is 0 Å². The Balaban J connectivity index is 0.00000420. The van der Waals surface area contributed by atoms with Crippen LogP contribution in [0.5, 0.6) is 11.5 Å². The van der Waals surface area contributed by atoms with Gasteiger partial charge in [-0.05, 0) is 12.1 Å². The monoisotopic (exact) mass is 460 g/mol. The lowest BCUT2D eigenvalue weighted by molar-refractivity contribution is -0.140. The molecule has 8 nitrogen and oxygen atoms in total. The molecule has 2 aromatic carbocycles. The van der Waals surface area contributed by atoms with Gasteiger partial charge in [0.2, 0.25) is 0 Å². The Morgan fingerprint density at radius 2 is 1.00 bits per heavy atom. The van der Waals surface area contributed by atoms with Crippen molar-refractivity contribution < 1.29 is 30.0 Å². The van der Waals surface area contributed by atoms with E-state index in [1.807, 2.05) is 0 Å². The number of aromatic hydroxyl groups is 2. The molecule has 0 fully saturated rings. The van der Waals surface area contributed by atoms with Crippen molar-refractivity contribution in [2.45, 2.75) is 13.1 Å². The van der Waals surface area contributed by atoms with Crippen molar-refractivity contribution in [2.75, 3.05) is 26.2 Å². The molecule has 0 saturated carbocycles. The standard InChI is InChI=1S/C20H24N2O6.2ClH/c23-17-7-3-1-5-15(17)11-21(13-19(25)26)9-10-22(14-20(27)28)12-16-6-2-4-8-18(16)24;;/h1-8,23-24H,9-14H2,(H,25,26)(H,27,28);2*1H. The molecule has 0 radical (unpaired) electrons. The molecule has 0 heterocycles. The first kappa shape index (κ1) is 27.5. The molecule has 0 amide bonds. The van der Waals surface area contributed by atoms with Crippen molar-refractivity contribution in [3.63, 3.8) is 0 Å². The lowest BCUT2D eigenvalue weighted by Crippen LogP contribution is -2.39. The fraction of sp³-hybridized carbons (Fsp3) is 0.300. The lowest BCUT2D eigenvalue weighted by Gasteiger charge is -2.26. The molecule has 0 unspecified atom stereocenters. The number of rotatable bonds is 11. The smallest absolute Gasteiger partial charge is 0.317 e. The summed E-state index contributed by atoms with van der Waals surface area (Å²) in [6.07, 6.45) is 0. The van der Waals surface area contributed by atoms with Gasteiger partial charge in [0.15, 0.2) is 0 Å². The Kier molecular flexibility index (Phi) is 12.5. The number of carbonyl (C=O) groups is 2. The molecular formula is C20H26Cl2N2O6. The summed E-state index contributed by atoms with van der Waals surface area (Å²) in [5.41, 5.74) is 1.18. The maximum atomic E-state index is 11.2. The van der Waals surface area contributed by atoms with Crippen LogP contribution in [0.4, 0.5) is 0 Å². The van der Waals surface area contributed by atoms with Crippen molar-refractivity contribution >= 4 is 36.8 Å². The number of hydrogen-bond acceptors (Lipinski definition) is 6. The predicted octanol–water partition coefficient (Wildman–Crippen LogP) is 2.41. The molecule has 0 aliphatic carbocycles. The molecule has 0 aliphatic heterocycles. The SMILES string of the molecule is Cl.Cl.O=C(O)CN(CCN(CC(=O)O)Cc1ccccc1O)Cc1ccccc1O. The van der Waals surface area contributed by atoms with Crippen LogP contribution in [0.25, 0.3) is 0 Å². The van der Waals surface area contributed by atoms with Crippen molar-refractivity contribution in [1.82, 2.24) is 9.80 Å². The normalized spacial score (nSPS) is 10.3. The number of phenolic OH excluding ortho intramolecular Hbond substituents is 2. The van der Waals surface area contributed by atoms with Crippen LogP contribution < -0.4 is 0 Å². The first-order valence-corrected chi connectivity index (χ1v) is 8.77. The Hall–Kier alpha value is -2.52. The summed E-state index contributed by atoms with van der Waals surface area (Å²) in [6, 6.07) is 13.4. The number of carboxylic acid groups (broad SMARTS) is 2. The fourth-order valence-electron chi connectivity index (χ4n) is 2.86. The zero-order chi connectivity index (χ0) is 20.5. The Morgan fingerprint density at radius 1 is 0.667 bits per heavy atom. The highest BCUT2D eigenvalue weighted by molar-refractivity contribution is 5.85. The van der Waals surface area contributed by atoms with Gasteiger partial charge in [-0.3, -0.25) is 19.4 Å². The summed E-state index contributed by atoms with van der Waals surface area (Å²) < 4.78 is 0. The first-order chi connectivity index (χ1) is 13.3. The Bertz CT molecular complexity index is 754. The molecule has 0 atom stereocenters. The maximum Gasteiger partial charge on any atom is 0.317 e. The van der Waals surface area contributed by atoms with Crippen LogP contribution in [0.1, 0.15) is 11.1 Å². The quantitative estimate of drug-likeness (QED) is 0.403. The highest BCUT2D eigenvalue weighted by atomic mass is 35.5. The number of para-hydroxylation sites is 2. The predicted molar refractivity (Wildman–Crippen MR) is 117 cm³/mol. The molecule has 4 N–H and O–H groups in total. The molecular weight excluding hydrogens is 435 g/mol. The molecule has 2 rings (SSSR count). The van der Waals surface area contributed by atoms with E-state index in [0.717, 1.165) is 0 Å². The lowest BCUT2D eigenvalue weighted by atomic mass is 10.1. The van der Waals surface area contributed by atoms with Crippen LogP contribution in [0.15, 0.2) is 48.5 Å². The van der Waals surface area contributed by atoms with Gasteiger partial charge in [-0.15, -0.1) is 24.8 Å². The van der Waals surface area contributed by atoms with Crippen molar-refractivity contribution in [2.24, 2.45) is 0 Å². The minimum Gasteiger partial charge on any atom is -0.508 e. The highest BCUT2D eigenvalue weighted by Gasteiger charge is 2.17. The molecule has 2 aromatic rings. The van der Waals surface area contributed by atoms with Crippen molar-refractivity contribution in [3.8, 4) is 11.5 Å². The van der Waals surface area contributed by atoms with Crippen LogP contribution in [0.2, 0.25) is 0 Å². The third-order valence-electron chi connectivity index (χ3n) is 4.22. The van der Waals surface area contributed by atoms with E-state index in [9.17, 15) is 19.8 Å². The second-order valence-corrected chi connectivity index (χ2v) is 6.47. The molecule has 0 bridgehead atoms. The van der Waals surface area contributed by atoms with E-state index in [0.29, 0.717) is 11.1 Å². The van der Waals surface area contributed by atoms with Crippen LogP contribution in [-0.2, 0) is 22.7 Å². The minimum absolute atomic E-state index is 0. The molecule has 30 heavy (non-hydrogen) atoms. The fourth-order valence-corrected chi connectivity index (χ4v) is 2.86. The summed E-state index contributed by atoms with van der Waals surface area (Å²) >= 11 is 0. The van der Waals surface area contributed by atoms with E-state index in [4.69, 9.17) is 10.2 Å². The first-order valence-electron chi connectivity index (χ1n) is 8.77. The van der Waals surface area contributed by atoms with Gasteiger partial charge >= 0.3 is 11.9 Å². The number of hydrogen-bond donors (Lipinski definition) is 4. The topological polar surface area (TPSA) is 122 Å². The zero-order valence-corrected chi connectivity index (χ0v) is 17.8. The third kappa shape index (κ3) is 9.32. The average Bonchev–Trinajstić information content (AvgIpc) is 2.62. The van der Waals surface area contributed by atoms with Gasteiger partial charge in [-0.2, -0.15) is 0 Å². The Labute approximate surface area is 187 Å². The molecule has 166 valence electrons. The zero-order valence-electron chi connectivity index (χ0n) is 16.2. The minimum atomic E-state index is -1.01. The molecule has 10 heteroatoms. The molecule has 0 spiro atoms. The number of halogens is 2. The van der Waals surface area contributed by atoms with Crippen molar-refractivity contribution in [3.05, 3.63) is 59.7 Å². The van der Waals surface area contributed by atoms with Gasteiger partial charge in [-0.1, -0.05) is 36.4 Å². The maximum absolute atomic E-state index is 11.2. The average molecular weight is 461 g/mol. The van der Waals surface area contributed by atoms with Crippen LogP contribution >= 0.6 is 24.8 Å².